The fourth-order valence-electron chi connectivity index (χ4n) is 3.69. The van der Waals surface area contributed by atoms with Crippen molar-refractivity contribution in [2.75, 3.05) is 46.3 Å². The number of nitrogens with one attached hydrogen (secondary N) is 2. The number of hydrogen-bond acceptors (Lipinski definition) is 3. The lowest BCUT2D eigenvalue weighted by molar-refractivity contribution is -0.122. The lowest BCUT2D eigenvalue weighted by Gasteiger charge is -2.36. The summed E-state index contributed by atoms with van der Waals surface area (Å²) in [6.07, 6.45) is 3.27. The van der Waals surface area contributed by atoms with Crippen LogP contribution in [0, 0.1) is 13.8 Å². The van der Waals surface area contributed by atoms with Crippen molar-refractivity contribution in [1.29, 1.82) is 0 Å². The van der Waals surface area contributed by atoms with E-state index in [-0.39, 0.29) is 5.91 Å². The van der Waals surface area contributed by atoms with Crippen molar-refractivity contribution in [2.24, 2.45) is 4.99 Å². The van der Waals surface area contributed by atoms with Gasteiger partial charge in [-0.15, -0.1) is 0 Å². The fourth-order valence-corrected chi connectivity index (χ4v) is 3.69. The van der Waals surface area contributed by atoms with Crippen LogP contribution in [-0.4, -0.2) is 74.0 Å². The maximum atomic E-state index is 12.0. The van der Waals surface area contributed by atoms with E-state index in [9.17, 15) is 4.79 Å². The van der Waals surface area contributed by atoms with Crippen molar-refractivity contribution >= 4 is 11.9 Å². The summed E-state index contributed by atoms with van der Waals surface area (Å²) in [4.78, 5) is 20.9. The van der Waals surface area contributed by atoms with Gasteiger partial charge in [0.15, 0.2) is 5.96 Å². The molecule has 1 aromatic rings. The van der Waals surface area contributed by atoms with Gasteiger partial charge in [0.1, 0.15) is 0 Å². The first-order valence-corrected chi connectivity index (χ1v) is 10.1. The summed E-state index contributed by atoms with van der Waals surface area (Å²) >= 11 is 0. The molecule has 1 aliphatic heterocycles. The lowest BCUT2D eigenvalue weighted by Crippen LogP contribution is -2.54. The standard InChI is InChI=1S/C21H33N5O/c1-16-12-17(2)14-18(13-16)6-7-23-21(22-3)26-10-8-25(9-11-26)15-20(27)24-19-4-5-19/h12-14,19H,4-11,15H2,1-3H3,(H,22,23)(H,24,27). The van der Waals surface area contributed by atoms with Crippen LogP contribution in [0.25, 0.3) is 0 Å². The van der Waals surface area contributed by atoms with Crippen molar-refractivity contribution < 1.29 is 4.79 Å². The largest absolute Gasteiger partial charge is 0.356 e. The smallest absolute Gasteiger partial charge is 0.234 e. The highest BCUT2D eigenvalue weighted by atomic mass is 16.2. The number of piperazine rings is 1. The number of amides is 1. The number of aryl methyl sites for hydroxylation is 2. The van der Waals surface area contributed by atoms with Gasteiger partial charge in [-0.1, -0.05) is 29.3 Å². The first-order chi connectivity index (χ1) is 13.0. The molecule has 6 nitrogen and oxygen atoms in total. The number of carbonyl (C=O) groups excluding carboxylic acids is 1. The normalized spacial score (nSPS) is 18.5. The van der Waals surface area contributed by atoms with Crippen LogP contribution in [0.15, 0.2) is 23.2 Å². The summed E-state index contributed by atoms with van der Waals surface area (Å²) < 4.78 is 0. The maximum absolute atomic E-state index is 12.0. The molecular formula is C21H33N5O. The van der Waals surface area contributed by atoms with E-state index in [1.54, 1.807) is 0 Å². The monoisotopic (exact) mass is 371 g/mol. The van der Waals surface area contributed by atoms with Crippen molar-refractivity contribution in [3.05, 3.63) is 34.9 Å². The van der Waals surface area contributed by atoms with Crippen LogP contribution in [0.1, 0.15) is 29.5 Å². The highest BCUT2D eigenvalue weighted by Crippen LogP contribution is 2.18. The van der Waals surface area contributed by atoms with Crippen molar-refractivity contribution in [3.8, 4) is 0 Å². The van der Waals surface area contributed by atoms with Crippen molar-refractivity contribution in [1.82, 2.24) is 20.4 Å². The van der Waals surface area contributed by atoms with E-state index in [0.717, 1.165) is 57.9 Å². The van der Waals surface area contributed by atoms with E-state index in [2.05, 4.69) is 57.5 Å². The summed E-state index contributed by atoms with van der Waals surface area (Å²) in [5.74, 6) is 1.13. The summed E-state index contributed by atoms with van der Waals surface area (Å²) in [6, 6.07) is 7.16. The summed E-state index contributed by atoms with van der Waals surface area (Å²) in [6.45, 7) is 9.29. The van der Waals surface area contributed by atoms with Gasteiger partial charge in [0.25, 0.3) is 0 Å². The lowest BCUT2D eigenvalue weighted by atomic mass is 10.1. The predicted octanol–water partition coefficient (Wildman–Crippen LogP) is 1.32. The van der Waals surface area contributed by atoms with Gasteiger partial charge < -0.3 is 15.5 Å². The molecule has 1 amide bonds. The first kappa shape index (κ1) is 19.7. The molecule has 1 aromatic carbocycles. The second-order valence-electron chi connectivity index (χ2n) is 7.82. The number of nitrogens with zero attached hydrogens (tertiary/aromatic N) is 3. The topological polar surface area (TPSA) is 60.0 Å². The van der Waals surface area contributed by atoms with Gasteiger partial charge in [0.05, 0.1) is 6.54 Å². The van der Waals surface area contributed by atoms with Crippen LogP contribution < -0.4 is 10.6 Å². The third-order valence-electron chi connectivity index (χ3n) is 5.17. The molecule has 0 unspecified atom stereocenters. The number of hydrogen-bond donors (Lipinski definition) is 2. The quantitative estimate of drug-likeness (QED) is 0.585. The zero-order valence-electron chi connectivity index (χ0n) is 16.9. The summed E-state index contributed by atoms with van der Waals surface area (Å²) in [5, 5.41) is 6.56. The molecule has 0 radical (unpaired) electrons. The van der Waals surface area contributed by atoms with Gasteiger partial charge in [-0.25, -0.2) is 0 Å². The molecule has 2 fully saturated rings. The Bertz CT molecular complexity index is 655. The minimum atomic E-state index is 0.168. The SMILES string of the molecule is CN=C(NCCc1cc(C)cc(C)c1)N1CCN(CC(=O)NC2CC2)CC1. The Morgan fingerprint density at radius 2 is 1.78 bits per heavy atom. The van der Waals surface area contributed by atoms with E-state index in [0.29, 0.717) is 12.6 Å². The molecule has 27 heavy (non-hydrogen) atoms. The predicted molar refractivity (Wildman–Crippen MR) is 110 cm³/mol. The van der Waals surface area contributed by atoms with Gasteiger partial charge in [0, 0.05) is 45.8 Å². The van der Waals surface area contributed by atoms with Gasteiger partial charge in [0.2, 0.25) is 5.91 Å². The van der Waals surface area contributed by atoms with Gasteiger partial charge in [-0.3, -0.25) is 14.7 Å². The van der Waals surface area contributed by atoms with Gasteiger partial charge >= 0.3 is 0 Å². The van der Waals surface area contributed by atoms with E-state index < -0.39 is 0 Å². The molecule has 1 aliphatic carbocycles. The molecule has 0 atom stereocenters. The molecule has 2 aliphatic rings. The fraction of sp³-hybridized carbons (Fsp3) is 0.619. The Morgan fingerprint density at radius 1 is 1.11 bits per heavy atom. The molecule has 2 N–H and O–H groups in total. The minimum absolute atomic E-state index is 0.168. The highest BCUT2D eigenvalue weighted by molar-refractivity contribution is 5.80. The molecule has 1 saturated heterocycles. The van der Waals surface area contributed by atoms with Crippen LogP contribution in [0.5, 0.6) is 0 Å². The molecule has 0 aromatic heterocycles. The number of guanidine groups is 1. The third-order valence-corrected chi connectivity index (χ3v) is 5.17. The molecule has 1 saturated carbocycles. The van der Waals surface area contributed by atoms with E-state index >= 15 is 0 Å². The second kappa shape index (κ2) is 9.22. The molecule has 0 bridgehead atoms. The Hall–Kier alpha value is -2.08. The molecule has 0 spiro atoms. The maximum Gasteiger partial charge on any atom is 0.234 e. The van der Waals surface area contributed by atoms with Crippen LogP contribution in [0.4, 0.5) is 0 Å². The zero-order valence-corrected chi connectivity index (χ0v) is 16.9. The highest BCUT2D eigenvalue weighted by Gasteiger charge is 2.25. The third kappa shape index (κ3) is 6.24. The number of carbonyl (C=O) groups is 1. The minimum Gasteiger partial charge on any atom is -0.356 e. The average Bonchev–Trinajstić information content (AvgIpc) is 3.43. The number of aliphatic imine (C=N–C) groups is 1. The molecule has 1 heterocycles. The Morgan fingerprint density at radius 3 is 2.37 bits per heavy atom. The van der Waals surface area contributed by atoms with Crippen LogP contribution in [0.2, 0.25) is 0 Å². The Balaban J connectivity index is 1.40. The van der Waals surface area contributed by atoms with E-state index in [1.165, 1.54) is 16.7 Å². The Kier molecular flexibility index (Phi) is 6.72. The van der Waals surface area contributed by atoms with E-state index in [1.807, 2.05) is 7.05 Å². The van der Waals surface area contributed by atoms with Crippen LogP contribution in [-0.2, 0) is 11.2 Å². The average molecular weight is 372 g/mol. The first-order valence-electron chi connectivity index (χ1n) is 10.1. The van der Waals surface area contributed by atoms with Crippen molar-refractivity contribution in [2.45, 2.75) is 39.2 Å². The van der Waals surface area contributed by atoms with Crippen molar-refractivity contribution in [3.63, 3.8) is 0 Å². The zero-order chi connectivity index (χ0) is 19.2. The van der Waals surface area contributed by atoms with E-state index in [4.69, 9.17) is 0 Å². The second-order valence-corrected chi connectivity index (χ2v) is 7.82. The summed E-state index contributed by atoms with van der Waals surface area (Å²) in [5.41, 5.74) is 3.99. The Labute approximate surface area is 163 Å². The molecular weight excluding hydrogens is 338 g/mol. The van der Waals surface area contributed by atoms with Crippen LogP contribution >= 0.6 is 0 Å². The van der Waals surface area contributed by atoms with Gasteiger partial charge in [-0.2, -0.15) is 0 Å². The van der Waals surface area contributed by atoms with Gasteiger partial charge in [-0.05, 0) is 38.7 Å². The number of benzene rings is 1. The molecule has 6 heteroatoms. The molecule has 3 rings (SSSR count). The summed E-state index contributed by atoms with van der Waals surface area (Å²) in [7, 11) is 1.84. The number of rotatable bonds is 6. The molecule has 148 valence electrons. The van der Waals surface area contributed by atoms with Crippen LogP contribution in [0.3, 0.4) is 0 Å².